The molecule has 0 saturated heterocycles. The first-order valence-corrected chi connectivity index (χ1v) is 6.64. The van der Waals surface area contributed by atoms with Crippen LogP contribution in [0, 0.1) is 5.82 Å². The number of nitrogens with one attached hydrogen (secondary N) is 1. The molecule has 6 heteroatoms. The number of aryl methyl sites for hydroxylation is 1. The van der Waals surface area contributed by atoms with E-state index in [1.54, 1.807) is 12.1 Å². The van der Waals surface area contributed by atoms with Crippen LogP contribution in [0.1, 0.15) is 36.7 Å². The van der Waals surface area contributed by atoms with Crippen molar-refractivity contribution in [3.8, 4) is 0 Å². The number of carbonyl (C=O) groups excluding carboxylic acids is 1. The van der Waals surface area contributed by atoms with Gasteiger partial charge in [-0.3, -0.25) is 9.89 Å². The van der Waals surface area contributed by atoms with Gasteiger partial charge in [0.25, 0.3) is 5.91 Å². The topological polar surface area (TPSA) is 61.9 Å². The van der Waals surface area contributed by atoms with E-state index in [0.29, 0.717) is 18.1 Å². The van der Waals surface area contributed by atoms with Crippen molar-refractivity contribution in [2.75, 3.05) is 11.4 Å². The number of nitrogens with zero attached hydrogens (tertiary/aromatic N) is 3. The molecule has 0 atom stereocenters. The predicted octanol–water partition coefficient (Wildman–Crippen LogP) is 2.56. The van der Waals surface area contributed by atoms with Crippen molar-refractivity contribution in [3.63, 3.8) is 0 Å². The third kappa shape index (κ3) is 3.01. The fraction of sp³-hybridized carbons (Fsp3) is 0.357. The molecule has 1 N–H and O–H groups in total. The summed E-state index contributed by atoms with van der Waals surface area (Å²) in [6, 6.07) is 5.78. The number of aromatic nitrogens is 3. The van der Waals surface area contributed by atoms with E-state index in [-0.39, 0.29) is 17.5 Å². The third-order valence-electron chi connectivity index (χ3n) is 2.91. The summed E-state index contributed by atoms with van der Waals surface area (Å²) in [6.45, 7) is 4.34. The molecule has 0 bridgehead atoms. The highest BCUT2D eigenvalue weighted by Crippen LogP contribution is 2.16. The van der Waals surface area contributed by atoms with Gasteiger partial charge < -0.3 is 4.90 Å². The second kappa shape index (κ2) is 6.27. The number of carbonyl (C=O) groups is 1. The van der Waals surface area contributed by atoms with Gasteiger partial charge in [0.2, 0.25) is 5.82 Å². The highest BCUT2D eigenvalue weighted by molar-refractivity contribution is 6.03. The minimum absolute atomic E-state index is 0.139. The van der Waals surface area contributed by atoms with E-state index in [9.17, 15) is 9.18 Å². The molecule has 1 heterocycles. The fourth-order valence-electron chi connectivity index (χ4n) is 1.92. The Morgan fingerprint density at radius 2 is 2.00 bits per heavy atom. The van der Waals surface area contributed by atoms with E-state index in [1.165, 1.54) is 17.0 Å². The molecule has 1 aromatic carbocycles. The normalized spacial score (nSPS) is 10.6. The first-order chi connectivity index (χ1) is 9.65. The van der Waals surface area contributed by atoms with E-state index in [0.717, 1.165) is 12.8 Å². The molecule has 106 valence electrons. The van der Waals surface area contributed by atoms with Gasteiger partial charge in [-0.05, 0) is 37.6 Å². The van der Waals surface area contributed by atoms with Crippen LogP contribution in [0.2, 0.25) is 0 Å². The second-order valence-electron chi connectivity index (χ2n) is 4.38. The maximum absolute atomic E-state index is 12.9. The molecule has 0 spiro atoms. The number of benzene rings is 1. The Bertz CT molecular complexity index is 579. The van der Waals surface area contributed by atoms with Crippen molar-refractivity contribution >= 4 is 11.6 Å². The number of anilines is 1. The van der Waals surface area contributed by atoms with E-state index in [4.69, 9.17) is 0 Å². The maximum Gasteiger partial charge on any atom is 0.297 e. The first kappa shape index (κ1) is 14.2. The molecule has 20 heavy (non-hydrogen) atoms. The third-order valence-corrected chi connectivity index (χ3v) is 2.91. The molecular formula is C14H17FN4O. The van der Waals surface area contributed by atoms with Gasteiger partial charge in [0, 0.05) is 18.7 Å². The van der Waals surface area contributed by atoms with Crippen LogP contribution in [0.4, 0.5) is 10.1 Å². The summed E-state index contributed by atoms with van der Waals surface area (Å²) in [5.41, 5.74) is 0.626. The molecular weight excluding hydrogens is 259 g/mol. The van der Waals surface area contributed by atoms with E-state index in [1.807, 2.05) is 13.8 Å². The number of hydrogen-bond acceptors (Lipinski definition) is 3. The van der Waals surface area contributed by atoms with Crippen LogP contribution in [-0.2, 0) is 6.42 Å². The number of hydrogen-bond donors (Lipinski definition) is 1. The minimum atomic E-state index is -0.333. The maximum atomic E-state index is 12.9. The van der Waals surface area contributed by atoms with Crippen molar-refractivity contribution in [1.82, 2.24) is 15.2 Å². The summed E-state index contributed by atoms with van der Waals surface area (Å²) < 4.78 is 12.9. The van der Waals surface area contributed by atoms with Crippen molar-refractivity contribution in [2.24, 2.45) is 0 Å². The summed E-state index contributed by atoms with van der Waals surface area (Å²) in [5, 5.41) is 6.70. The molecule has 0 saturated carbocycles. The average molecular weight is 276 g/mol. The number of halogens is 1. The van der Waals surface area contributed by atoms with Gasteiger partial charge in [-0.2, -0.15) is 0 Å². The van der Waals surface area contributed by atoms with E-state index >= 15 is 0 Å². The second-order valence-corrected chi connectivity index (χ2v) is 4.38. The predicted molar refractivity (Wildman–Crippen MR) is 74.1 cm³/mol. The quantitative estimate of drug-likeness (QED) is 0.913. The molecule has 0 aliphatic carbocycles. The van der Waals surface area contributed by atoms with Crippen LogP contribution in [0.5, 0.6) is 0 Å². The Morgan fingerprint density at radius 1 is 1.30 bits per heavy atom. The van der Waals surface area contributed by atoms with Crippen molar-refractivity contribution < 1.29 is 9.18 Å². The molecule has 1 aromatic heterocycles. The molecule has 0 aliphatic rings. The molecule has 5 nitrogen and oxygen atoms in total. The largest absolute Gasteiger partial charge is 0.306 e. The molecule has 0 fully saturated rings. The zero-order valence-electron chi connectivity index (χ0n) is 11.6. The van der Waals surface area contributed by atoms with Gasteiger partial charge in [0.1, 0.15) is 11.6 Å². The molecule has 0 radical (unpaired) electrons. The first-order valence-electron chi connectivity index (χ1n) is 6.64. The Kier molecular flexibility index (Phi) is 4.45. The lowest BCUT2D eigenvalue weighted by molar-refractivity contribution is 0.0978. The SMILES string of the molecule is CCCc1nc(C(=O)N(CC)c2ccc(F)cc2)n[nH]1. The van der Waals surface area contributed by atoms with Crippen LogP contribution in [0.25, 0.3) is 0 Å². The van der Waals surface area contributed by atoms with Gasteiger partial charge in [-0.1, -0.05) is 6.92 Å². The van der Waals surface area contributed by atoms with Crippen LogP contribution >= 0.6 is 0 Å². The zero-order valence-corrected chi connectivity index (χ0v) is 11.6. The summed E-state index contributed by atoms with van der Waals surface area (Å²) in [6.07, 6.45) is 1.68. The lowest BCUT2D eigenvalue weighted by Gasteiger charge is -2.19. The Balaban J connectivity index is 2.21. The van der Waals surface area contributed by atoms with E-state index in [2.05, 4.69) is 15.2 Å². The lowest BCUT2D eigenvalue weighted by atomic mass is 10.2. The lowest BCUT2D eigenvalue weighted by Crippen LogP contribution is -2.31. The van der Waals surface area contributed by atoms with E-state index < -0.39 is 0 Å². The van der Waals surface area contributed by atoms with Gasteiger partial charge in [0.05, 0.1) is 0 Å². The highest BCUT2D eigenvalue weighted by Gasteiger charge is 2.20. The molecule has 2 rings (SSSR count). The monoisotopic (exact) mass is 276 g/mol. The average Bonchev–Trinajstić information content (AvgIpc) is 2.90. The number of aromatic amines is 1. The molecule has 0 unspecified atom stereocenters. The van der Waals surface area contributed by atoms with Crippen LogP contribution in [0.3, 0.4) is 0 Å². The highest BCUT2D eigenvalue weighted by atomic mass is 19.1. The summed E-state index contributed by atoms with van der Waals surface area (Å²) >= 11 is 0. The van der Waals surface area contributed by atoms with Crippen LogP contribution in [0.15, 0.2) is 24.3 Å². The van der Waals surface area contributed by atoms with Gasteiger partial charge >= 0.3 is 0 Å². The molecule has 0 aliphatic heterocycles. The number of rotatable bonds is 5. The summed E-state index contributed by atoms with van der Waals surface area (Å²) in [5.74, 6) is 0.212. The van der Waals surface area contributed by atoms with Gasteiger partial charge in [0.15, 0.2) is 0 Å². The van der Waals surface area contributed by atoms with Gasteiger partial charge in [-0.25, -0.2) is 9.37 Å². The Hall–Kier alpha value is -2.24. The molecule has 1 amide bonds. The summed E-state index contributed by atoms with van der Waals surface area (Å²) in [7, 11) is 0. The Labute approximate surface area is 116 Å². The number of H-pyrrole nitrogens is 1. The smallest absolute Gasteiger partial charge is 0.297 e. The van der Waals surface area contributed by atoms with Crippen molar-refractivity contribution in [2.45, 2.75) is 26.7 Å². The van der Waals surface area contributed by atoms with Crippen LogP contribution in [-0.4, -0.2) is 27.6 Å². The van der Waals surface area contributed by atoms with Crippen molar-refractivity contribution in [3.05, 3.63) is 41.7 Å². The fourth-order valence-corrected chi connectivity index (χ4v) is 1.92. The number of amides is 1. The minimum Gasteiger partial charge on any atom is -0.306 e. The zero-order chi connectivity index (χ0) is 14.5. The Morgan fingerprint density at radius 3 is 2.60 bits per heavy atom. The van der Waals surface area contributed by atoms with Crippen molar-refractivity contribution in [1.29, 1.82) is 0 Å². The molecule has 2 aromatic rings. The standard InChI is InChI=1S/C14H17FN4O/c1-3-5-12-16-13(18-17-12)14(20)19(4-2)11-8-6-10(15)7-9-11/h6-9H,3-5H2,1-2H3,(H,16,17,18). The van der Waals surface area contributed by atoms with Gasteiger partial charge in [-0.15, -0.1) is 5.10 Å². The summed E-state index contributed by atoms with van der Waals surface area (Å²) in [4.78, 5) is 18.1. The van der Waals surface area contributed by atoms with Crippen LogP contribution < -0.4 is 4.90 Å².